The summed E-state index contributed by atoms with van der Waals surface area (Å²) in [6.45, 7) is 3.79. The van der Waals surface area contributed by atoms with Crippen LogP contribution in [0.1, 0.15) is 24.3 Å². The standard InChI is InChI=1S/C23H26ClN3O2/c24-20-6-3-5-18(12-20)22-13-26-23(29-22)14-25-21-7-2-1-4-19(21)15-27-10-8-17(16-28)9-11-27/h1-7,12-13,17,25,28H,8-11,14-16H2. The Balaban J connectivity index is 1.38. The fourth-order valence-electron chi connectivity index (χ4n) is 3.74. The van der Waals surface area contributed by atoms with E-state index in [4.69, 9.17) is 16.0 Å². The Morgan fingerprint density at radius 2 is 1.97 bits per heavy atom. The van der Waals surface area contributed by atoms with Crippen molar-refractivity contribution in [3.05, 3.63) is 71.2 Å². The van der Waals surface area contributed by atoms with Gasteiger partial charge in [0.15, 0.2) is 5.76 Å². The minimum Gasteiger partial charge on any atom is -0.439 e. The molecule has 29 heavy (non-hydrogen) atoms. The number of likely N-dealkylation sites (tertiary alicyclic amines) is 1. The topological polar surface area (TPSA) is 61.5 Å². The summed E-state index contributed by atoms with van der Waals surface area (Å²) < 4.78 is 5.89. The van der Waals surface area contributed by atoms with Gasteiger partial charge in [-0.1, -0.05) is 41.9 Å². The Labute approximate surface area is 176 Å². The summed E-state index contributed by atoms with van der Waals surface area (Å²) in [5, 5.41) is 13.5. The summed E-state index contributed by atoms with van der Waals surface area (Å²) in [7, 11) is 0. The summed E-state index contributed by atoms with van der Waals surface area (Å²) in [6, 6.07) is 15.9. The van der Waals surface area contributed by atoms with Gasteiger partial charge in [-0.3, -0.25) is 4.90 Å². The maximum absolute atomic E-state index is 9.33. The van der Waals surface area contributed by atoms with Gasteiger partial charge in [-0.25, -0.2) is 4.98 Å². The molecule has 0 bridgehead atoms. The lowest BCUT2D eigenvalue weighted by Crippen LogP contribution is -2.34. The van der Waals surface area contributed by atoms with Crippen LogP contribution in [0.25, 0.3) is 11.3 Å². The summed E-state index contributed by atoms with van der Waals surface area (Å²) in [5.41, 5.74) is 3.28. The molecule has 6 heteroatoms. The molecule has 4 rings (SSSR count). The molecule has 3 aromatic rings. The SMILES string of the molecule is OCC1CCN(Cc2ccccc2NCc2ncc(-c3cccc(Cl)c3)o2)CC1. The van der Waals surface area contributed by atoms with E-state index in [-0.39, 0.29) is 0 Å². The Hall–Kier alpha value is -2.34. The van der Waals surface area contributed by atoms with Crippen LogP contribution in [0, 0.1) is 5.92 Å². The third kappa shape index (κ3) is 5.18. The van der Waals surface area contributed by atoms with E-state index < -0.39 is 0 Å². The van der Waals surface area contributed by atoms with Gasteiger partial charge in [0.05, 0.1) is 12.7 Å². The van der Waals surface area contributed by atoms with Gasteiger partial charge >= 0.3 is 0 Å². The van der Waals surface area contributed by atoms with Gasteiger partial charge in [-0.2, -0.15) is 0 Å². The minimum absolute atomic E-state index is 0.305. The van der Waals surface area contributed by atoms with Gasteiger partial charge in [0.1, 0.15) is 0 Å². The Kier molecular flexibility index (Phi) is 6.49. The number of hydrogen-bond donors (Lipinski definition) is 2. The fraction of sp³-hybridized carbons (Fsp3) is 0.348. The first-order valence-corrected chi connectivity index (χ1v) is 10.4. The highest BCUT2D eigenvalue weighted by Gasteiger charge is 2.19. The highest BCUT2D eigenvalue weighted by atomic mass is 35.5. The zero-order valence-electron chi connectivity index (χ0n) is 16.4. The molecule has 0 aliphatic carbocycles. The van der Waals surface area contributed by atoms with E-state index in [0.29, 0.717) is 35.7 Å². The number of aromatic nitrogens is 1. The van der Waals surface area contributed by atoms with Crippen LogP contribution in [-0.4, -0.2) is 34.7 Å². The molecule has 0 atom stereocenters. The first-order chi connectivity index (χ1) is 14.2. The molecular weight excluding hydrogens is 386 g/mol. The van der Waals surface area contributed by atoms with Crippen molar-refractivity contribution >= 4 is 17.3 Å². The van der Waals surface area contributed by atoms with Crippen LogP contribution < -0.4 is 5.32 Å². The lowest BCUT2D eigenvalue weighted by atomic mass is 9.97. The molecule has 1 aromatic heterocycles. The number of piperidine rings is 1. The number of halogens is 1. The highest BCUT2D eigenvalue weighted by Crippen LogP contribution is 2.25. The molecule has 2 aromatic carbocycles. The quantitative estimate of drug-likeness (QED) is 0.584. The number of oxazole rings is 1. The zero-order chi connectivity index (χ0) is 20.1. The summed E-state index contributed by atoms with van der Waals surface area (Å²) in [4.78, 5) is 6.85. The third-order valence-electron chi connectivity index (χ3n) is 5.47. The van der Waals surface area contributed by atoms with Crippen molar-refractivity contribution < 1.29 is 9.52 Å². The zero-order valence-corrected chi connectivity index (χ0v) is 17.1. The lowest BCUT2D eigenvalue weighted by molar-refractivity contribution is 0.127. The molecule has 2 heterocycles. The first-order valence-electron chi connectivity index (χ1n) is 10.1. The van der Waals surface area contributed by atoms with Crippen molar-refractivity contribution in [2.75, 3.05) is 25.0 Å². The van der Waals surface area contributed by atoms with Crippen molar-refractivity contribution in [2.24, 2.45) is 5.92 Å². The maximum atomic E-state index is 9.33. The van der Waals surface area contributed by atoms with Gasteiger partial charge in [0.2, 0.25) is 5.89 Å². The number of rotatable bonds is 7. The number of nitrogens with one attached hydrogen (secondary N) is 1. The van der Waals surface area contributed by atoms with E-state index in [0.717, 1.165) is 43.7 Å². The first kappa shape index (κ1) is 20.0. The lowest BCUT2D eigenvalue weighted by Gasteiger charge is -2.31. The summed E-state index contributed by atoms with van der Waals surface area (Å²) in [6.07, 6.45) is 3.86. The number of anilines is 1. The molecule has 5 nitrogen and oxygen atoms in total. The van der Waals surface area contributed by atoms with Crippen LogP contribution in [0.4, 0.5) is 5.69 Å². The van der Waals surface area contributed by atoms with Gasteiger partial charge < -0.3 is 14.8 Å². The Bertz CT molecular complexity index is 935. The predicted molar refractivity (Wildman–Crippen MR) is 116 cm³/mol. The van der Waals surface area contributed by atoms with E-state index in [1.54, 1.807) is 6.20 Å². The third-order valence-corrected chi connectivity index (χ3v) is 5.70. The van der Waals surface area contributed by atoms with Crippen LogP contribution in [-0.2, 0) is 13.1 Å². The van der Waals surface area contributed by atoms with Crippen molar-refractivity contribution in [3.63, 3.8) is 0 Å². The van der Waals surface area contributed by atoms with Crippen LogP contribution in [0.2, 0.25) is 5.02 Å². The number of benzene rings is 2. The van der Waals surface area contributed by atoms with Crippen molar-refractivity contribution in [1.82, 2.24) is 9.88 Å². The number of nitrogens with zero attached hydrogens (tertiary/aromatic N) is 2. The average Bonchev–Trinajstić information content (AvgIpc) is 3.23. The predicted octanol–water partition coefficient (Wildman–Crippen LogP) is 4.81. The van der Waals surface area contributed by atoms with E-state index >= 15 is 0 Å². The second kappa shape index (κ2) is 9.44. The van der Waals surface area contributed by atoms with E-state index in [9.17, 15) is 5.11 Å². The Morgan fingerprint density at radius 3 is 2.76 bits per heavy atom. The van der Waals surface area contributed by atoms with Crippen molar-refractivity contribution in [2.45, 2.75) is 25.9 Å². The van der Waals surface area contributed by atoms with Gasteiger partial charge in [-0.15, -0.1) is 0 Å². The molecule has 0 unspecified atom stereocenters. The van der Waals surface area contributed by atoms with Crippen LogP contribution in [0.3, 0.4) is 0 Å². The maximum Gasteiger partial charge on any atom is 0.214 e. The largest absolute Gasteiger partial charge is 0.439 e. The summed E-state index contributed by atoms with van der Waals surface area (Å²) in [5.74, 6) is 1.81. The molecule has 0 radical (unpaired) electrons. The number of para-hydroxylation sites is 1. The van der Waals surface area contributed by atoms with Crippen LogP contribution in [0.5, 0.6) is 0 Å². The molecule has 0 amide bonds. The van der Waals surface area contributed by atoms with Crippen LogP contribution in [0.15, 0.2) is 59.1 Å². The molecule has 1 aliphatic rings. The molecule has 1 aliphatic heterocycles. The normalized spacial score (nSPS) is 15.5. The van der Waals surface area contributed by atoms with Gasteiger partial charge in [0, 0.05) is 29.4 Å². The monoisotopic (exact) mass is 411 g/mol. The average molecular weight is 412 g/mol. The smallest absolute Gasteiger partial charge is 0.214 e. The van der Waals surface area contributed by atoms with Crippen molar-refractivity contribution in [1.29, 1.82) is 0 Å². The molecule has 0 spiro atoms. The molecule has 152 valence electrons. The Morgan fingerprint density at radius 1 is 1.14 bits per heavy atom. The molecule has 2 N–H and O–H groups in total. The number of aliphatic hydroxyl groups is 1. The highest BCUT2D eigenvalue weighted by molar-refractivity contribution is 6.30. The number of aliphatic hydroxyl groups excluding tert-OH is 1. The fourth-order valence-corrected chi connectivity index (χ4v) is 3.93. The second-order valence-corrected chi connectivity index (χ2v) is 7.98. The number of hydrogen-bond acceptors (Lipinski definition) is 5. The van der Waals surface area contributed by atoms with Crippen molar-refractivity contribution in [3.8, 4) is 11.3 Å². The minimum atomic E-state index is 0.305. The molecule has 1 saturated heterocycles. The van der Waals surface area contributed by atoms with Crippen LogP contribution >= 0.6 is 11.6 Å². The summed E-state index contributed by atoms with van der Waals surface area (Å²) >= 11 is 6.07. The van der Waals surface area contributed by atoms with Gasteiger partial charge in [-0.05, 0) is 55.6 Å². The molecule has 0 saturated carbocycles. The molecular formula is C23H26ClN3O2. The second-order valence-electron chi connectivity index (χ2n) is 7.54. The van der Waals surface area contributed by atoms with Gasteiger partial charge in [0.25, 0.3) is 0 Å². The molecule has 1 fully saturated rings. The van der Waals surface area contributed by atoms with E-state index in [1.807, 2.05) is 30.3 Å². The van der Waals surface area contributed by atoms with E-state index in [2.05, 4.69) is 33.4 Å². The van der Waals surface area contributed by atoms with E-state index in [1.165, 1.54) is 5.56 Å².